The number of benzene rings is 1. The van der Waals surface area contributed by atoms with Crippen LogP contribution in [0, 0.1) is 0 Å². The van der Waals surface area contributed by atoms with Gasteiger partial charge in [0.25, 0.3) is 0 Å². The van der Waals surface area contributed by atoms with Crippen LogP contribution in [0.1, 0.15) is 25.3 Å². The predicted molar refractivity (Wildman–Crippen MR) is 110 cm³/mol. The van der Waals surface area contributed by atoms with Crippen LogP contribution in [0.4, 0.5) is 5.69 Å². The highest BCUT2D eigenvalue weighted by Crippen LogP contribution is 2.13. The number of hydrogen-bond acceptors (Lipinski definition) is 4. The molecule has 0 saturated carbocycles. The minimum Gasteiger partial charge on any atom is -0.340 e. The van der Waals surface area contributed by atoms with Crippen molar-refractivity contribution >= 4 is 42.3 Å². The molecule has 6 nitrogen and oxygen atoms in total. The monoisotopic (exact) mass is 404 g/mol. The zero-order valence-electron chi connectivity index (χ0n) is 15.4. The summed E-state index contributed by atoms with van der Waals surface area (Å²) in [7, 11) is 2.07. The molecule has 0 radical (unpaired) electrons. The standard InChI is InChI=1S/C18H28N4O2.2ClH/c1-14(19)6-7-17(23)20-16-5-3-4-15(12-16)13-18(24)22-10-8-21(2)9-11-22;;/h3-5,12,14H,6-11,13,19H2,1-2H3,(H,20,23);2*1H. The van der Waals surface area contributed by atoms with Gasteiger partial charge in [-0.2, -0.15) is 0 Å². The third-order valence-corrected chi connectivity index (χ3v) is 4.25. The maximum absolute atomic E-state index is 12.4. The Morgan fingerprint density at radius 1 is 1.19 bits per heavy atom. The van der Waals surface area contributed by atoms with Crippen LogP contribution in [0.3, 0.4) is 0 Å². The molecule has 1 heterocycles. The Morgan fingerprint density at radius 3 is 2.46 bits per heavy atom. The summed E-state index contributed by atoms with van der Waals surface area (Å²) in [6, 6.07) is 7.52. The quantitative estimate of drug-likeness (QED) is 0.758. The van der Waals surface area contributed by atoms with E-state index < -0.39 is 0 Å². The van der Waals surface area contributed by atoms with Crippen LogP contribution in [-0.4, -0.2) is 60.9 Å². The second-order valence-corrected chi connectivity index (χ2v) is 6.63. The van der Waals surface area contributed by atoms with Crippen molar-refractivity contribution in [1.29, 1.82) is 0 Å². The van der Waals surface area contributed by atoms with Crippen LogP contribution in [0.2, 0.25) is 0 Å². The zero-order valence-corrected chi connectivity index (χ0v) is 17.1. The highest BCUT2D eigenvalue weighted by atomic mass is 35.5. The van der Waals surface area contributed by atoms with Crippen LogP contribution in [0.5, 0.6) is 0 Å². The van der Waals surface area contributed by atoms with Crippen molar-refractivity contribution < 1.29 is 9.59 Å². The molecule has 1 aromatic rings. The van der Waals surface area contributed by atoms with Gasteiger partial charge < -0.3 is 20.9 Å². The molecule has 0 bridgehead atoms. The van der Waals surface area contributed by atoms with E-state index in [0.29, 0.717) is 19.3 Å². The van der Waals surface area contributed by atoms with Crippen LogP contribution in [0.15, 0.2) is 24.3 Å². The molecule has 3 N–H and O–H groups in total. The Kier molecular flexibility index (Phi) is 11.5. The number of carbonyl (C=O) groups is 2. The summed E-state index contributed by atoms with van der Waals surface area (Å²) in [6.45, 7) is 5.28. The lowest BCUT2D eigenvalue weighted by atomic mass is 10.1. The van der Waals surface area contributed by atoms with E-state index >= 15 is 0 Å². The Bertz CT molecular complexity index is 576. The minimum absolute atomic E-state index is 0. The van der Waals surface area contributed by atoms with E-state index in [0.717, 1.165) is 37.4 Å². The van der Waals surface area contributed by atoms with Crippen molar-refractivity contribution in [2.24, 2.45) is 5.73 Å². The first-order chi connectivity index (χ1) is 11.4. The Balaban J connectivity index is 0.00000312. The number of rotatable bonds is 6. The molecule has 1 aromatic carbocycles. The molecular weight excluding hydrogens is 375 g/mol. The molecule has 1 saturated heterocycles. The molecular formula is C18H30Cl2N4O2. The van der Waals surface area contributed by atoms with Crippen molar-refractivity contribution in [3.63, 3.8) is 0 Å². The lowest BCUT2D eigenvalue weighted by Gasteiger charge is -2.32. The minimum atomic E-state index is -0.0464. The maximum Gasteiger partial charge on any atom is 0.227 e. The molecule has 1 aliphatic rings. The summed E-state index contributed by atoms with van der Waals surface area (Å²) in [5.41, 5.74) is 7.32. The first kappa shape index (κ1) is 24.7. The van der Waals surface area contributed by atoms with Gasteiger partial charge in [-0.1, -0.05) is 12.1 Å². The first-order valence-electron chi connectivity index (χ1n) is 8.54. The third-order valence-electron chi connectivity index (χ3n) is 4.25. The van der Waals surface area contributed by atoms with Crippen molar-refractivity contribution in [2.45, 2.75) is 32.2 Å². The van der Waals surface area contributed by atoms with E-state index in [4.69, 9.17) is 5.73 Å². The Morgan fingerprint density at radius 2 is 1.85 bits per heavy atom. The number of anilines is 1. The SMILES string of the molecule is CC(N)CCC(=O)Nc1cccc(CC(=O)N2CCN(C)CC2)c1.Cl.Cl. The number of halogens is 2. The molecule has 1 unspecified atom stereocenters. The average Bonchev–Trinajstić information content (AvgIpc) is 2.54. The van der Waals surface area contributed by atoms with Gasteiger partial charge in [0.05, 0.1) is 6.42 Å². The summed E-state index contributed by atoms with van der Waals surface area (Å²) in [5.74, 6) is 0.0957. The average molecular weight is 405 g/mol. The number of nitrogens with two attached hydrogens (primary N) is 1. The summed E-state index contributed by atoms with van der Waals surface area (Å²) in [6.07, 6.45) is 1.43. The van der Waals surface area contributed by atoms with E-state index in [1.165, 1.54) is 0 Å². The molecule has 26 heavy (non-hydrogen) atoms. The van der Waals surface area contributed by atoms with E-state index in [1.807, 2.05) is 36.1 Å². The zero-order chi connectivity index (χ0) is 17.5. The summed E-state index contributed by atoms with van der Waals surface area (Å²) < 4.78 is 0. The van der Waals surface area contributed by atoms with Crippen molar-refractivity contribution in [3.8, 4) is 0 Å². The number of carbonyl (C=O) groups excluding carboxylic acids is 2. The van der Waals surface area contributed by atoms with Gasteiger partial charge in [0.1, 0.15) is 0 Å². The molecule has 0 spiro atoms. The molecule has 1 fully saturated rings. The maximum atomic E-state index is 12.4. The second-order valence-electron chi connectivity index (χ2n) is 6.63. The van der Waals surface area contributed by atoms with Gasteiger partial charge in [0, 0.05) is 44.3 Å². The Labute approximate surface area is 168 Å². The molecule has 1 atom stereocenters. The highest BCUT2D eigenvalue weighted by Gasteiger charge is 2.19. The number of piperazine rings is 1. The molecule has 8 heteroatoms. The molecule has 0 aromatic heterocycles. The van der Waals surface area contributed by atoms with Gasteiger partial charge in [-0.3, -0.25) is 9.59 Å². The smallest absolute Gasteiger partial charge is 0.227 e. The lowest BCUT2D eigenvalue weighted by Crippen LogP contribution is -2.47. The lowest BCUT2D eigenvalue weighted by molar-refractivity contribution is -0.132. The normalized spacial score (nSPS) is 15.4. The molecule has 1 aliphatic heterocycles. The van der Waals surface area contributed by atoms with Crippen molar-refractivity contribution in [1.82, 2.24) is 9.80 Å². The van der Waals surface area contributed by atoms with Crippen molar-refractivity contribution in [3.05, 3.63) is 29.8 Å². The van der Waals surface area contributed by atoms with Gasteiger partial charge >= 0.3 is 0 Å². The van der Waals surface area contributed by atoms with E-state index in [1.54, 1.807) is 0 Å². The van der Waals surface area contributed by atoms with E-state index in [9.17, 15) is 9.59 Å². The fourth-order valence-electron chi connectivity index (χ4n) is 2.68. The third kappa shape index (κ3) is 8.36. The summed E-state index contributed by atoms with van der Waals surface area (Å²) in [5, 5.41) is 2.87. The number of nitrogens with zero attached hydrogens (tertiary/aromatic N) is 2. The van der Waals surface area contributed by atoms with Crippen LogP contribution >= 0.6 is 24.8 Å². The number of likely N-dealkylation sites (N-methyl/N-ethyl adjacent to an activating group) is 1. The highest BCUT2D eigenvalue weighted by molar-refractivity contribution is 5.91. The van der Waals surface area contributed by atoms with E-state index in [2.05, 4.69) is 17.3 Å². The van der Waals surface area contributed by atoms with Crippen molar-refractivity contribution in [2.75, 3.05) is 38.5 Å². The number of nitrogens with one attached hydrogen (secondary N) is 1. The van der Waals surface area contributed by atoms with Gasteiger partial charge in [0.15, 0.2) is 0 Å². The Hall–Kier alpha value is -1.34. The van der Waals surface area contributed by atoms with Gasteiger partial charge in [-0.25, -0.2) is 0 Å². The van der Waals surface area contributed by atoms with Crippen LogP contribution < -0.4 is 11.1 Å². The summed E-state index contributed by atoms with van der Waals surface area (Å²) in [4.78, 5) is 28.4. The van der Waals surface area contributed by atoms with Gasteiger partial charge in [-0.05, 0) is 38.1 Å². The van der Waals surface area contributed by atoms with Crippen LogP contribution in [-0.2, 0) is 16.0 Å². The molecule has 2 rings (SSSR count). The molecule has 2 amide bonds. The predicted octanol–water partition coefficient (Wildman–Crippen LogP) is 1.91. The summed E-state index contributed by atoms with van der Waals surface area (Å²) >= 11 is 0. The first-order valence-corrected chi connectivity index (χ1v) is 8.54. The molecule has 0 aliphatic carbocycles. The fourth-order valence-corrected chi connectivity index (χ4v) is 2.68. The van der Waals surface area contributed by atoms with Gasteiger partial charge in [-0.15, -0.1) is 24.8 Å². The largest absolute Gasteiger partial charge is 0.340 e. The van der Waals surface area contributed by atoms with Crippen LogP contribution in [0.25, 0.3) is 0 Å². The second kappa shape index (κ2) is 12.1. The molecule has 148 valence electrons. The van der Waals surface area contributed by atoms with E-state index in [-0.39, 0.29) is 42.7 Å². The fraction of sp³-hybridized carbons (Fsp3) is 0.556. The number of hydrogen-bond donors (Lipinski definition) is 2. The topological polar surface area (TPSA) is 78.7 Å². The number of amides is 2. The van der Waals surface area contributed by atoms with Gasteiger partial charge in [0.2, 0.25) is 11.8 Å².